The first kappa shape index (κ1) is 18.6. The van der Waals surface area contributed by atoms with Crippen LogP contribution in [0.2, 0.25) is 0 Å². The molecule has 2 atom stereocenters. The molecule has 3 fully saturated rings. The highest BCUT2D eigenvalue weighted by Crippen LogP contribution is 2.43. The van der Waals surface area contributed by atoms with Crippen LogP contribution in [0, 0.1) is 17.8 Å². The van der Waals surface area contributed by atoms with Crippen molar-refractivity contribution < 1.29 is 4.79 Å². The Morgan fingerprint density at radius 2 is 1.55 bits per heavy atom. The summed E-state index contributed by atoms with van der Waals surface area (Å²) in [6.45, 7) is 1.56. The molecule has 2 heterocycles. The van der Waals surface area contributed by atoms with Gasteiger partial charge in [-0.25, -0.2) is 4.68 Å². The number of carbonyl (C=O) groups is 1. The Kier molecular flexibility index (Phi) is 4.98. The van der Waals surface area contributed by atoms with Crippen LogP contribution in [0.15, 0.2) is 47.3 Å². The fourth-order valence-corrected chi connectivity index (χ4v) is 5.82. The molecule has 2 aliphatic carbocycles. The zero-order chi connectivity index (χ0) is 19.8. The maximum Gasteiger partial charge on any atom is 0.267 e. The van der Waals surface area contributed by atoms with E-state index in [-0.39, 0.29) is 17.5 Å². The van der Waals surface area contributed by atoms with Gasteiger partial charge in [0.25, 0.3) is 5.56 Å². The largest absolute Gasteiger partial charge is 0.342 e. The molecule has 5 nitrogen and oxygen atoms in total. The van der Waals surface area contributed by atoms with E-state index in [2.05, 4.69) is 4.90 Å². The molecule has 2 aromatic rings. The number of aromatic nitrogens is 2. The van der Waals surface area contributed by atoms with Crippen molar-refractivity contribution in [2.75, 3.05) is 13.1 Å². The maximum absolute atomic E-state index is 13.0. The van der Waals surface area contributed by atoms with E-state index in [1.807, 2.05) is 36.4 Å². The van der Waals surface area contributed by atoms with E-state index in [1.54, 1.807) is 10.7 Å². The minimum atomic E-state index is -0.0258. The monoisotopic (exact) mass is 391 g/mol. The number of nitrogens with zero attached hydrogens (tertiary/aromatic N) is 3. The van der Waals surface area contributed by atoms with Gasteiger partial charge in [-0.1, -0.05) is 49.6 Å². The lowest BCUT2D eigenvalue weighted by atomic mass is 9.73. The zero-order valence-corrected chi connectivity index (χ0v) is 16.9. The number of piperidine rings is 1. The maximum atomic E-state index is 13.0. The molecule has 1 aromatic carbocycles. The van der Waals surface area contributed by atoms with Crippen LogP contribution in [-0.4, -0.2) is 33.7 Å². The summed E-state index contributed by atoms with van der Waals surface area (Å²) < 4.78 is 1.74. The second-order valence-electron chi connectivity index (χ2n) is 9.03. The van der Waals surface area contributed by atoms with Crippen molar-refractivity contribution in [3.63, 3.8) is 0 Å². The lowest BCUT2D eigenvalue weighted by molar-refractivity contribution is -0.140. The second-order valence-corrected chi connectivity index (χ2v) is 9.03. The molecule has 0 unspecified atom stereocenters. The number of likely N-dealkylation sites (tertiary alicyclic amines) is 1. The fraction of sp³-hybridized carbons (Fsp3) is 0.542. The molecular formula is C24H29N3O2. The van der Waals surface area contributed by atoms with E-state index in [0.717, 1.165) is 50.0 Å². The number of amides is 1. The Hall–Kier alpha value is -2.43. The van der Waals surface area contributed by atoms with Crippen molar-refractivity contribution in [1.82, 2.24) is 14.7 Å². The highest BCUT2D eigenvalue weighted by molar-refractivity contribution is 5.79. The summed E-state index contributed by atoms with van der Waals surface area (Å²) >= 11 is 0. The van der Waals surface area contributed by atoms with Crippen molar-refractivity contribution in [2.45, 2.75) is 51.0 Å². The molecule has 0 radical (unpaired) electrons. The van der Waals surface area contributed by atoms with Crippen LogP contribution in [-0.2, 0) is 4.79 Å². The lowest BCUT2D eigenvalue weighted by Crippen LogP contribution is -2.54. The second kappa shape index (κ2) is 7.77. The van der Waals surface area contributed by atoms with Crippen LogP contribution >= 0.6 is 0 Å². The standard InChI is InChI=1S/C24H29N3O2/c28-22-14-13-21(17-7-2-1-3-8-17)25-27(22)23-19-11-6-12-20(23)16-26(15-19)24(29)18-9-4-5-10-18/h1-3,7-8,13-14,18-20,23H,4-6,9-12,15-16H2/t19-,20-/m0/s1. The van der Waals surface area contributed by atoms with Crippen LogP contribution in [0.4, 0.5) is 0 Å². The van der Waals surface area contributed by atoms with Gasteiger partial charge in [-0.15, -0.1) is 0 Å². The number of benzene rings is 1. The summed E-state index contributed by atoms with van der Waals surface area (Å²) in [5.74, 6) is 1.24. The summed E-state index contributed by atoms with van der Waals surface area (Å²) in [6.07, 6.45) is 7.79. The topological polar surface area (TPSA) is 55.2 Å². The number of hydrogen-bond donors (Lipinski definition) is 0. The Morgan fingerprint density at radius 1 is 0.862 bits per heavy atom. The molecule has 1 amide bonds. The summed E-state index contributed by atoms with van der Waals surface area (Å²) in [6, 6.07) is 13.6. The number of carbonyl (C=O) groups excluding carboxylic acids is 1. The van der Waals surface area contributed by atoms with Crippen LogP contribution < -0.4 is 5.56 Å². The van der Waals surface area contributed by atoms with E-state index in [9.17, 15) is 9.59 Å². The Labute approximate surface area is 171 Å². The van der Waals surface area contributed by atoms with Gasteiger partial charge in [0.15, 0.2) is 0 Å². The van der Waals surface area contributed by atoms with E-state index in [4.69, 9.17) is 5.10 Å². The number of rotatable bonds is 3. The molecule has 0 N–H and O–H groups in total. The molecular weight excluding hydrogens is 362 g/mol. The number of hydrogen-bond acceptors (Lipinski definition) is 3. The van der Waals surface area contributed by atoms with E-state index in [1.165, 1.54) is 19.3 Å². The quantitative estimate of drug-likeness (QED) is 0.797. The first-order valence-corrected chi connectivity index (χ1v) is 11.1. The average Bonchev–Trinajstić information content (AvgIpc) is 3.28. The minimum Gasteiger partial charge on any atom is -0.342 e. The molecule has 3 aliphatic rings. The van der Waals surface area contributed by atoms with Gasteiger partial charge in [0.05, 0.1) is 11.7 Å². The van der Waals surface area contributed by atoms with Crippen molar-refractivity contribution in [3.8, 4) is 11.3 Å². The van der Waals surface area contributed by atoms with Gasteiger partial charge >= 0.3 is 0 Å². The normalized spacial score (nSPS) is 27.2. The molecule has 5 heteroatoms. The smallest absolute Gasteiger partial charge is 0.267 e. The van der Waals surface area contributed by atoms with Crippen LogP contribution in [0.3, 0.4) is 0 Å². The molecule has 2 saturated carbocycles. The van der Waals surface area contributed by atoms with Crippen LogP contribution in [0.25, 0.3) is 11.3 Å². The van der Waals surface area contributed by atoms with Gasteiger partial charge in [0, 0.05) is 30.6 Å². The molecule has 1 aliphatic heterocycles. The first-order valence-electron chi connectivity index (χ1n) is 11.1. The minimum absolute atomic E-state index is 0.0258. The van der Waals surface area contributed by atoms with Gasteiger partial charge in [-0.3, -0.25) is 9.59 Å². The molecule has 29 heavy (non-hydrogen) atoms. The Morgan fingerprint density at radius 3 is 2.24 bits per heavy atom. The molecule has 1 saturated heterocycles. The average molecular weight is 392 g/mol. The van der Waals surface area contributed by atoms with Gasteiger partial charge in [-0.2, -0.15) is 5.10 Å². The Bertz CT molecular complexity index is 919. The van der Waals surface area contributed by atoms with Crippen molar-refractivity contribution >= 4 is 5.91 Å². The zero-order valence-electron chi connectivity index (χ0n) is 16.9. The first-order chi connectivity index (χ1) is 14.2. The SMILES string of the molecule is O=C(C1CCCC1)N1C[C@@H]2CCC[C@@H](C1)C2n1nc(-c2ccccc2)ccc1=O. The molecule has 1 aromatic heterocycles. The molecule has 2 bridgehead atoms. The van der Waals surface area contributed by atoms with Gasteiger partial charge in [-0.05, 0) is 43.6 Å². The van der Waals surface area contributed by atoms with Crippen molar-refractivity contribution in [1.29, 1.82) is 0 Å². The van der Waals surface area contributed by atoms with Gasteiger partial charge < -0.3 is 4.90 Å². The highest BCUT2D eigenvalue weighted by Gasteiger charge is 2.44. The van der Waals surface area contributed by atoms with E-state index >= 15 is 0 Å². The van der Waals surface area contributed by atoms with Crippen molar-refractivity contribution in [2.24, 2.45) is 17.8 Å². The number of fused-ring (bicyclic) bond motifs is 2. The molecule has 152 valence electrons. The van der Waals surface area contributed by atoms with Crippen LogP contribution in [0.5, 0.6) is 0 Å². The predicted molar refractivity (Wildman–Crippen MR) is 112 cm³/mol. The lowest BCUT2D eigenvalue weighted by Gasteiger charge is -2.47. The summed E-state index contributed by atoms with van der Waals surface area (Å²) in [4.78, 5) is 27.9. The fourth-order valence-electron chi connectivity index (χ4n) is 5.82. The predicted octanol–water partition coefficient (Wildman–Crippen LogP) is 3.90. The third-order valence-corrected chi connectivity index (χ3v) is 7.22. The highest BCUT2D eigenvalue weighted by atomic mass is 16.2. The van der Waals surface area contributed by atoms with E-state index < -0.39 is 0 Å². The van der Waals surface area contributed by atoms with E-state index in [0.29, 0.717) is 17.7 Å². The summed E-state index contributed by atoms with van der Waals surface area (Å²) in [5, 5.41) is 4.80. The molecule has 5 rings (SSSR count). The Balaban J connectivity index is 1.43. The van der Waals surface area contributed by atoms with Gasteiger partial charge in [0.2, 0.25) is 5.91 Å². The third-order valence-electron chi connectivity index (χ3n) is 7.22. The van der Waals surface area contributed by atoms with Crippen LogP contribution in [0.1, 0.15) is 51.0 Å². The molecule has 0 spiro atoms. The summed E-state index contributed by atoms with van der Waals surface area (Å²) in [7, 11) is 0. The van der Waals surface area contributed by atoms with Crippen molar-refractivity contribution in [3.05, 3.63) is 52.8 Å². The third kappa shape index (κ3) is 3.52. The summed E-state index contributed by atoms with van der Waals surface area (Å²) in [5.41, 5.74) is 1.84. The van der Waals surface area contributed by atoms with Gasteiger partial charge in [0.1, 0.15) is 0 Å².